The molecule has 7 heteroatoms. The summed E-state index contributed by atoms with van der Waals surface area (Å²) in [6, 6.07) is 7.83. The molecule has 0 unspecified atom stereocenters. The van der Waals surface area contributed by atoms with Crippen LogP contribution in [0.2, 0.25) is 0 Å². The highest BCUT2D eigenvalue weighted by molar-refractivity contribution is 8.16. The van der Waals surface area contributed by atoms with Crippen LogP contribution in [0.25, 0.3) is 0 Å². The van der Waals surface area contributed by atoms with Crippen molar-refractivity contribution in [3.8, 4) is 0 Å². The number of hydrogen-bond acceptors (Lipinski definition) is 4. The topological polar surface area (TPSA) is 66.8 Å². The largest absolute Gasteiger partial charge is 0.315 e. The zero-order valence-corrected chi connectivity index (χ0v) is 17.5. The fourth-order valence-corrected chi connectivity index (χ4v) is 7.20. The molecule has 2 fully saturated rings. The molecule has 2 saturated heterocycles. The predicted molar refractivity (Wildman–Crippen MR) is 109 cm³/mol. The Bertz CT molecular complexity index is 854. The monoisotopic (exact) mass is 394 g/mol. The van der Waals surface area contributed by atoms with Gasteiger partial charge >= 0.3 is 0 Å². The van der Waals surface area contributed by atoms with Gasteiger partial charge in [-0.3, -0.25) is 4.79 Å². The number of para-hydroxylation sites is 1. The average Bonchev–Trinajstić information content (AvgIpc) is 2.97. The number of nitrogens with zero attached hydrogens (tertiary/aromatic N) is 2. The number of fused-ring (bicyclic) bond motifs is 1. The van der Waals surface area contributed by atoms with E-state index in [4.69, 9.17) is 0 Å². The summed E-state index contributed by atoms with van der Waals surface area (Å²) >= 11 is 1.43. The van der Waals surface area contributed by atoms with Crippen molar-refractivity contribution in [2.75, 3.05) is 16.4 Å². The minimum Gasteiger partial charge on any atom is -0.315 e. The van der Waals surface area contributed by atoms with E-state index in [1.807, 2.05) is 43.9 Å². The van der Waals surface area contributed by atoms with Gasteiger partial charge in [-0.15, -0.1) is 0 Å². The van der Waals surface area contributed by atoms with Crippen molar-refractivity contribution < 1.29 is 13.2 Å². The second-order valence-electron chi connectivity index (χ2n) is 8.33. The van der Waals surface area contributed by atoms with Crippen molar-refractivity contribution in [2.24, 2.45) is 10.4 Å². The molecule has 2 aliphatic rings. The third-order valence-corrected chi connectivity index (χ3v) is 7.93. The van der Waals surface area contributed by atoms with Crippen LogP contribution in [0.15, 0.2) is 29.3 Å². The van der Waals surface area contributed by atoms with Gasteiger partial charge in [0.2, 0.25) is 0 Å². The third kappa shape index (κ3) is 3.69. The first-order valence-electron chi connectivity index (χ1n) is 8.88. The molecule has 2 heterocycles. The van der Waals surface area contributed by atoms with Gasteiger partial charge in [-0.05, 0) is 17.5 Å². The van der Waals surface area contributed by atoms with Crippen molar-refractivity contribution in [1.29, 1.82) is 0 Å². The van der Waals surface area contributed by atoms with Gasteiger partial charge in [-0.25, -0.2) is 8.42 Å². The molecule has 0 spiro atoms. The molecule has 0 saturated carbocycles. The second-order valence-corrected chi connectivity index (χ2v) is 11.7. The highest BCUT2D eigenvalue weighted by atomic mass is 32.2. The van der Waals surface area contributed by atoms with E-state index in [9.17, 15) is 13.2 Å². The zero-order chi connectivity index (χ0) is 19.3. The Morgan fingerprint density at radius 1 is 1.23 bits per heavy atom. The van der Waals surface area contributed by atoms with Crippen molar-refractivity contribution in [3.05, 3.63) is 29.8 Å². The number of carbonyl (C=O) groups is 1. The minimum absolute atomic E-state index is 0.0771. The summed E-state index contributed by atoms with van der Waals surface area (Å²) in [6.07, 6.45) is 0. The van der Waals surface area contributed by atoms with Crippen LogP contribution in [0.4, 0.5) is 5.69 Å². The fraction of sp³-hybridized carbons (Fsp3) is 0.579. The zero-order valence-electron chi connectivity index (χ0n) is 15.9. The smallest absolute Gasteiger partial charge is 0.253 e. The van der Waals surface area contributed by atoms with Crippen molar-refractivity contribution in [1.82, 2.24) is 0 Å². The number of anilines is 1. The van der Waals surface area contributed by atoms with Gasteiger partial charge in [0, 0.05) is 16.4 Å². The maximum Gasteiger partial charge on any atom is 0.253 e. The first-order valence-corrected chi connectivity index (χ1v) is 11.6. The molecular weight excluding hydrogens is 368 g/mol. The molecule has 2 aliphatic heterocycles. The summed E-state index contributed by atoms with van der Waals surface area (Å²) in [5.74, 6) is 0.355. The Morgan fingerprint density at radius 3 is 2.50 bits per heavy atom. The fourth-order valence-electron chi connectivity index (χ4n) is 3.30. The lowest BCUT2D eigenvalue weighted by Gasteiger charge is -2.28. The number of rotatable bonds is 2. The van der Waals surface area contributed by atoms with Gasteiger partial charge in [0.25, 0.3) is 5.91 Å². The van der Waals surface area contributed by atoms with Gasteiger partial charge < -0.3 is 4.90 Å². The molecule has 0 radical (unpaired) electrons. The molecule has 2 atom stereocenters. The summed E-state index contributed by atoms with van der Waals surface area (Å²) in [4.78, 5) is 18.9. The standard InChI is InChI=1S/C19H26N2O3S2/c1-12(2)13-8-6-7-9-14(13)21-15-10-26(23,24)11-16(15)25-18(21)20-17(22)19(3,4)5/h6-9,12,15-16H,10-11H2,1-5H3/t15-,16+/m1/s1. The molecule has 5 nitrogen and oxygen atoms in total. The normalized spacial score (nSPS) is 26.5. The first kappa shape index (κ1) is 19.4. The summed E-state index contributed by atoms with van der Waals surface area (Å²) < 4.78 is 24.4. The summed E-state index contributed by atoms with van der Waals surface area (Å²) in [5.41, 5.74) is 1.52. The minimum atomic E-state index is -3.06. The summed E-state index contributed by atoms with van der Waals surface area (Å²) in [5, 5.41) is 0.551. The van der Waals surface area contributed by atoms with Crippen LogP contribution in [-0.2, 0) is 14.6 Å². The van der Waals surface area contributed by atoms with E-state index in [0.29, 0.717) is 5.17 Å². The number of hydrogen-bond donors (Lipinski definition) is 0. The molecule has 26 heavy (non-hydrogen) atoms. The van der Waals surface area contributed by atoms with Crippen LogP contribution in [0.5, 0.6) is 0 Å². The Kier molecular flexibility index (Phi) is 4.99. The van der Waals surface area contributed by atoms with Gasteiger partial charge in [0.15, 0.2) is 15.0 Å². The van der Waals surface area contributed by atoms with Crippen molar-refractivity contribution >= 4 is 38.4 Å². The van der Waals surface area contributed by atoms with E-state index < -0.39 is 15.3 Å². The van der Waals surface area contributed by atoms with Gasteiger partial charge in [-0.2, -0.15) is 4.99 Å². The average molecular weight is 395 g/mol. The first-order chi connectivity index (χ1) is 12.0. The lowest BCUT2D eigenvalue weighted by atomic mass is 9.96. The number of thioether (sulfide) groups is 1. The highest BCUT2D eigenvalue weighted by Crippen LogP contribution is 2.43. The van der Waals surface area contributed by atoms with E-state index in [2.05, 4.69) is 24.9 Å². The molecule has 0 aliphatic carbocycles. The lowest BCUT2D eigenvalue weighted by Crippen LogP contribution is -2.38. The number of amides is 1. The Morgan fingerprint density at radius 2 is 1.88 bits per heavy atom. The number of amidine groups is 1. The van der Waals surface area contributed by atoms with Crippen LogP contribution in [0.1, 0.15) is 46.1 Å². The maximum absolute atomic E-state index is 12.5. The number of benzene rings is 1. The molecule has 3 rings (SSSR count). The van der Waals surface area contributed by atoms with Gasteiger partial charge in [-0.1, -0.05) is 64.6 Å². The number of sulfone groups is 1. The van der Waals surface area contributed by atoms with Crippen LogP contribution >= 0.6 is 11.8 Å². The molecule has 0 aromatic heterocycles. The summed E-state index contributed by atoms with van der Waals surface area (Å²) in [6.45, 7) is 9.76. The quantitative estimate of drug-likeness (QED) is 0.768. The maximum atomic E-state index is 12.5. The van der Waals surface area contributed by atoms with E-state index in [-0.39, 0.29) is 34.6 Å². The second kappa shape index (κ2) is 6.68. The van der Waals surface area contributed by atoms with Gasteiger partial charge in [0.05, 0.1) is 17.5 Å². The molecule has 142 valence electrons. The molecule has 0 bridgehead atoms. The summed E-state index contributed by atoms with van der Waals surface area (Å²) in [7, 11) is -3.06. The SMILES string of the molecule is CC(C)c1ccccc1N1C(=NC(=O)C(C)(C)C)S[C@H]2CS(=O)(=O)C[C@H]21. The van der Waals surface area contributed by atoms with Crippen molar-refractivity contribution in [3.63, 3.8) is 0 Å². The number of carbonyl (C=O) groups excluding carboxylic acids is 1. The van der Waals surface area contributed by atoms with E-state index in [1.165, 1.54) is 11.8 Å². The van der Waals surface area contributed by atoms with Gasteiger partial charge in [0.1, 0.15) is 0 Å². The van der Waals surface area contributed by atoms with Crippen molar-refractivity contribution in [2.45, 2.75) is 51.8 Å². The van der Waals surface area contributed by atoms with Crippen LogP contribution in [-0.4, -0.2) is 42.3 Å². The van der Waals surface area contributed by atoms with E-state index in [1.54, 1.807) is 0 Å². The molecule has 1 amide bonds. The number of aliphatic imine (C=N–C) groups is 1. The molecule has 1 aromatic carbocycles. The van der Waals surface area contributed by atoms with Crippen LogP contribution in [0, 0.1) is 5.41 Å². The van der Waals surface area contributed by atoms with Crippen LogP contribution in [0.3, 0.4) is 0 Å². The lowest BCUT2D eigenvalue weighted by molar-refractivity contribution is -0.124. The van der Waals surface area contributed by atoms with E-state index >= 15 is 0 Å². The Hall–Kier alpha value is -1.34. The highest BCUT2D eigenvalue weighted by Gasteiger charge is 2.50. The molecule has 1 aromatic rings. The van der Waals surface area contributed by atoms with Crippen LogP contribution < -0.4 is 4.90 Å². The Labute approximate surface area is 160 Å². The molecular formula is C19H26N2O3S2. The Balaban J connectivity index is 2.10. The predicted octanol–water partition coefficient (Wildman–Crippen LogP) is 3.46. The van der Waals surface area contributed by atoms with E-state index in [0.717, 1.165) is 11.3 Å². The molecule has 0 N–H and O–H groups in total. The third-order valence-electron chi connectivity index (χ3n) is 4.72.